The van der Waals surface area contributed by atoms with E-state index in [1.54, 1.807) is 19.3 Å². The van der Waals surface area contributed by atoms with Crippen LogP contribution in [0.15, 0.2) is 30.5 Å². The standard InChI is InChI=1S/C13H12N4O/c1-15-13(18)11-5-9-8-4-7(14)2-3-10(8)17-12(9)6-16-11/h2-6,17H,14H2,1H3,(H,15,18). The Labute approximate surface area is 103 Å². The number of hydrogen-bond donors (Lipinski definition) is 3. The normalized spacial score (nSPS) is 10.9. The summed E-state index contributed by atoms with van der Waals surface area (Å²) in [5.74, 6) is -0.199. The second kappa shape index (κ2) is 3.73. The molecule has 2 heterocycles. The van der Waals surface area contributed by atoms with E-state index in [4.69, 9.17) is 5.73 Å². The summed E-state index contributed by atoms with van der Waals surface area (Å²) in [7, 11) is 1.58. The lowest BCUT2D eigenvalue weighted by atomic mass is 10.1. The van der Waals surface area contributed by atoms with E-state index >= 15 is 0 Å². The number of anilines is 1. The number of hydrogen-bond acceptors (Lipinski definition) is 3. The van der Waals surface area contributed by atoms with Gasteiger partial charge in [-0.1, -0.05) is 0 Å². The molecule has 0 fully saturated rings. The number of benzene rings is 1. The van der Waals surface area contributed by atoms with Crippen molar-refractivity contribution >= 4 is 33.4 Å². The number of H-pyrrole nitrogens is 1. The molecule has 0 spiro atoms. The second-order valence-electron chi connectivity index (χ2n) is 4.12. The van der Waals surface area contributed by atoms with Gasteiger partial charge in [-0.25, -0.2) is 4.98 Å². The molecule has 0 atom stereocenters. The van der Waals surface area contributed by atoms with Crippen LogP contribution >= 0.6 is 0 Å². The van der Waals surface area contributed by atoms with Crippen molar-refractivity contribution in [3.8, 4) is 0 Å². The summed E-state index contributed by atoms with van der Waals surface area (Å²) in [5.41, 5.74) is 8.76. The average Bonchev–Trinajstić information content (AvgIpc) is 2.75. The van der Waals surface area contributed by atoms with Crippen LogP contribution in [0.3, 0.4) is 0 Å². The maximum Gasteiger partial charge on any atom is 0.269 e. The molecule has 0 radical (unpaired) electrons. The summed E-state index contributed by atoms with van der Waals surface area (Å²) in [6.45, 7) is 0. The number of fused-ring (bicyclic) bond motifs is 3. The molecular formula is C13H12N4O. The quantitative estimate of drug-likeness (QED) is 0.565. The van der Waals surface area contributed by atoms with E-state index in [0.29, 0.717) is 11.4 Å². The third kappa shape index (κ3) is 1.48. The molecule has 0 aliphatic rings. The van der Waals surface area contributed by atoms with Crippen LogP contribution in [0.4, 0.5) is 5.69 Å². The first-order chi connectivity index (χ1) is 8.69. The zero-order chi connectivity index (χ0) is 12.7. The number of nitrogen functional groups attached to an aromatic ring is 1. The molecule has 0 unspecified atom stereocenters. The van der Waals surface area contributed by atoms with Gasteiger partial charge in [0.2, 0.25) is 0 Å². The van der Waals surface area contributed by atoms with Crippen LogP contribution in [0.2, 0.25) is 0 Å². The molecule has 5 nitrogen and oxygen atoms in total. The Balaban J connectivity index is 2.34. The van der Waals surface area contributed by atoms with E-state index in [2.05, 4.69) is 15.3 Å². The summed E-state index contributed by atoms with van der Waals surface area (Å²) in [6, 6.07) is 7.42. The molecule has 18 heavy (non-hydrogen) atoms. The summed E-state index contributed by atoms with van der Waals surface area (Å²) in [6.07, 6.45) is 1.66. The van der Waals surface area contributed by atoms with Gasteiger partial charge in [0.1, 0.15) is 5.69 Å². The van der Waals surface area contributed by atoms with Crippen LogP contribution in [0.1, 0.15) is 10.5 Å². The largest absolute Gasteiger partial charge is 0.399 e. The third-order valence-corrected chi connectivity index (χ3v) is 2.97. The lowest BCUT2D eigenvalue weighted by Gasteiger charge is -1.99. The third-order valence-electron chi connectivity index (χ3n) is 2.97. The highest BCUT2D eigenvalue weighted by atomic mass is 16.1. The Morgan fingerprint density at radius 3 is 2.83 bits per heavy atom. The summed E-state index contributed by atoms with van der Waals surface area (Å²) in [5, 5.41) is 4.51. The van der Waals surface area contributed by atoms with Gasteiger partial charge in [-0.3, -0.25) is 4.79 Å². The van der Waals surface area contributed by atoms with Crippen LogP contribution in [-0.4, -0.2) is 22.9 Å². The molecule has 0 aliphatic heterocycles. The molecule has 2 aromatic heterocycles. The van der Waals surface area contributed by atoms with E-state index in [1.807, 2.05) is 18.2 Å². The Morgan fingerprint density at radius 2 is 2.06 bits per heavy atom. The fraction of sp³-hybridized carbons (Fsp3) is 0.0769. The molecule has 1 aromatic carbocycles. The number of rotatable bonds is 1. The topological polar surface area (TPSA) is 83.8 Å². The zero-order valence-corrected chi connectivity index (χ0v) is 9.82. The number of nitrogens with two attached hydrogens (primary N) is 1. The first-order valence-electron chi connectivity index (χ1n) is 5.58. The molecule has 0 saturated heterocycles. The zero-order valence-electron chi connectivity index (χ0n) is 9.82. The fourth-order valence-electron chi connectivity index (χ4n) is 2.07. The minimum absolute atomic E-state index is 0.199. The van der Waals surface area contributed by atoms with Crippen LogP contribution in [0.25, 0.3) is 21.8 Å². The lowest BCUT2D eigenvalue weighted by Crippen LogP contribution is -2.18. The van der Waals surface area contributed by atoms with E-state index in [0.717, 1.165) is 21.8 Å². The number of amides is 1. The SMILES string of the molecule is CNC(=O)c1cc2c(cn1)[nH]c1ccc(N)cc12. The minimum Gasteiger partial charge on any atom is -0.399 e. The summed E-state index contributed by atoms with van der Waals surface area (Å²) < 4.78 is 0. The van der Waals surface area contributed by atoms with Crippen molar-refractivity contribution in [2.75, 3.05) is 12.8 Å². The van der Waals surface area contributed by atoms with Crippen LogP contribution in [0.5, 0.6) is 0 Å². The molecule has 0 aliphatic carbocycles. The molecule has 5 heteroatoms. The maximum absolute atomic E-state index is 11.6. The van der Waals surface area contributed by atoms with Crippen molar-refractivity contribution in [3.63, 3.8) is 0 Å². The molecular weight excluding hydrogens is 228 g/mol. The number of nitrogens with zero attached hydrogens (tertiary/aromatic N) is 1. The van der Waals surface area contributed by atoms with Crippen LogP contribution < -0.4 is 11.1 Å². The lowest BCUT2D eigenvalue weighted by molar-refractivity contribution is 0.0958. The van der Waals surface area contributed by atoms with Gasteiger partial charge in [0, 0.05) is 29.0 Å². The van der Waals surface area contributed by atoms with Gasteiger partial charge in [-0.2, -0.15) is 0 Å². The van der Waals surface area contributed by atoms with Crippen molar-refractivity contribution in [2.45, 2.75) is 0 Å². The van der Waals surface area contributed by atoms with Crippen LogP contribution in [0, 0.1) is 0 Å². The Morgan fingerprint density at radius 1 is 1.28 bits per heavy atom. The fourth-order valence-corrected chi connectivity index (χ4v) is 2.07. The number of pyridine rings is 1. The highest BCUT2D eigenvalue weighted by Gasteiger charge is 2.09. The Bertz CT molecular complexity index is 760. The van der Waals surface area contributed by atoms with Gasteiger partial charge in [-0.05, 0) is 24.3 Å². The smallest absolute Gasteiger partial charge is 0.269 e. The number of aromatic nitrogens is 2. The van der Waals surface area contributed by atoms with Gasteiger partial charge in [-0.15, -0.1) is 0 Å². The van der Waals surface area contributed by atoms with Crippen LogP contribution in [-0.2, 0) is 0 Å². The molecule has 0 bridgehead atoms. The van der Waals surface area contributed by atoms with Gasteiger partial charge < -0.3 is 16.0 Å². The highest BCUT2D eigenvalue weighted by Crippen LogP contribution is 2.26. The Hall–Kier alpha value is -2.56. The van der Waals surface area contributed by atoms with Crippen molar-refractivity contribution in [1.82, 2.24) is 15.3 Å². The van der Waals surface area contributed by atoms with Crippen molar-refractivity contribution in [2.24, 2.45) is 0 Å². The molecule has 0 saturated carbocycles. The van der Waals surface area contributed by atoms with Crippen molar-refractivity contribution in [3.05, 3.63) is 36.2 Å². The van der Waals surface area contributed by atoms with Gasteiger partial charge >= 0.3 is 0 Å². The van der Waals surface area contributed by atoms with E-state index < -0.39 is 0 Å². The van der Waals surface area contributed by atoms with Crippen molar-refractivity contribution < 1.29 is 4.79 Å². The highest BCUT2D eigenvalue weighted by molar-refractivity contribution is 6.09. The van der Waals surface area contributed by atoms with Crippen molar-refractivity contribution in [1.29, 1.82) is 0 Å². The molecule has 90 valence electrons. The van der Waals surface area contributed by atoms with E-state index in [-0.39, 0.29) is 5.91 Å². The number of carbonyl (C=O) groups is 1. The average molecular weight is 240 g/mol. The molecule has 3 rings (SSSR count). The second-order valence-corrected chi connectivity index (χ2v) is 4.12. The van der Waals surface area contributed by atoms with E-state index in [1.165, 1.54) is 0 Å². The molecule has 3 aromatic rings. The maximum atomic E-state index is 11.6. The van der Waals surface area contributed by atoms with Gasteiger partial charge in [0.05, 0.1) is 11.7 Å². The monoisotopic (exact) mass is 240 g/mol. The molecule has 4 N–H and O–H groups in total. The predicted molar refractivity (Wildman–Crippen MR) is 71.4 cm³/mol. The number of nitrogens with one attached hydrogen (secondary N) is 2. The number of carbonyl (C=O) groups excluding carboxylic acids is 1. The first kappa shape index (κ1) is 10.6. The Kier molecular flexibility index (Phi) is 2.19. The van der Waals surface area contributed by atoms with Gasteiger partial charge in [0.25, 0.3) is 5.91 Å². The summed E-state index contributed by atoms with van der Waals surface area (Å²) in [4.78, 5) is 18.9. The minimum atomic E-state index is -0.199. The van der Waals surface area contributed by atoms with Gasteiger partial charge in [0.15, 0.2) is 0 Å². The van der Waals surface area contributed by atoms with E-state index in [9.17, 15) is 4.79 Å². The summed E-state index contributed by atoms with van der Waals surface area (Å²) >= 11 is 0. The number of aromatic amines is 1. The predicted octanol–water partition coefficient (Wildman–Crippen LogP) is 1.66. The molecule has 1 amide bonds. The first-order valence-corrected chi connectivity index (χ1v) is 5.58.